The molecule has 0 aliphatic carbocycles. The van der Waals surface area contributed by atoms with E-state index in [9.17, 15) is 4.79 Å². The molecule has 2 aliphatic heterocycles. The van der Waals surface area contributed by atoms with Crippen molar-refractivity contribution in [3.8, 4) is 5.75 Å². The third-order valence-electron chi connectivity index (χ3n) is 4.93. The molecule has 2 aliphatic rings. The fourth-order valence-corrected chi connectivity index (χ4v) is 3.47. The lowest BCUT2D eigenvalue weighted by molar-refractivity contribution is -0.151. The second-order valence-corrected chi connectivity index (χ2v) is 6.67. The number of ether oxygens (including phenoxy) is 2. The summed E-state index contributed by atoms with van der Waals surface area (Å²) in [6, 6.07) is 9.89. The number of morpholine rings is 1. The van der Waals surface area contributed by atoms with Crippen molar-refractivity contribution < 1.29 is 14.3 Å². The van der Waals surface area contributed by atoms with Gasteiger partial charge in [-0.05, 0) is 31.5 Å². The lowest BCUT2D eigenvalue weighted by Crippen LogP contribution is -2.53. The summed E-state index contributed by atoms with van der Waals surface area (Å²) >= 11 is 0. The number of para-hydroxylation sites is 1. The molecule has 3 rings (SSSR count). The van der Waals surface area contributed by atoms with Crippen LogP contribution in [-0.4, -0.2) is 67.7 Å². The summed E-state index contributed by atoms with van der Waals surface area (Å²) in [6.45, 7) is 7.68. The van der Waals surface area contributed by atoms with Crippen LogP contribution < -0.4 is 4.74 Å². The van der Waals surface area contributed by atoms with Gasteiger partial charge in [-0.2, -0.15) is 0 Å². The van der Waals surface area contributed by atoms with Gasteiger partial charge in [0.15, 0.2) is 0 Å². The zero-order chi connectivity index (χ0) is 16.8. The summed E-state index contributed by atoms with van der Waals surface area (Å²) < 4.78 is 11.6. The first-order valence-corrected chi connectivity index (χ1v) is 9.07. The van der Waals surface area contributed by atoms with E-state index >= 15 is 0 Å². The van der Waals surface area contributed by atoms with E-state index in [0.29, 0.717) is 19.1 Å². The van der Waals surface area contributed by atoms with Gasteiger partial charge in [0.25, 0.3) is 5.91 Å². The smallest absolute Gasteiger partial charge is 0.253 e. The Labute approximate surface area is 144 Å². The van der Waals surface area contributed by atoms with Crippen LogP contribution in [0.5, 0.6) is 5.75 Å². The first kappa shape index (κ1) is 17.2. The molecule has 1 amide bonds. The summed E-state index contributed by atoms with van der Waals surface area (Å²) in [5.41, 5.74) is 0. The van der Waals surface area contributed by atoms with Crippen LogP contribution in [0.3, 0.4) is 0 Å². The molecule has 24 heavy (non-hydrogen) atoms. The van der Waals surface area contributed by atoms with Crippen LogP contribution in [0.2, 0.25) is 0 Å². The van der Waals surface area contributed by atoms with Crippen molar-refractivity contribution in [2.24, 2.45) is 5.92 Å². The van der Waals surface area contributed by atoms with Gasteiger partial charge in [0.1, 0.15) is 11.9 Å². The van der Waals surface area contributed by atoms with E-state index in [-0.39, 0.29) is 12.0 Å². The topological polar surface area (TPSA) is 42.0 Å². The largest absolute Gasteiger partial charge is 0.493 e. The van der Waals surface area contributed by atoms with E-state index in [4.69, 9.17) is 9.47 Å². The fourth-order valence-electron chi connectivity index (χ4n) is 3.47. The Morgan fingerprint density at radius 2 is 2.08 bits per heavy atom. The molecule has 0 bridgehead atoms. The van der Waals surface area contributed by atoms with E-state index in [1.54, 1.807) is 0 Å². The van der Waals surface area contributed by atoms with Crippen molar-refractivity contribution in [3.63, 3.8) is 0 Å². The van der Waals surface area contributed by atoms with Crippen molar-refractivity contribution in [1.82, 2.24) is 9.80 Å². The van der Waals surface area contributed by atoms with E-state index in [1.807, 2.05) is 35.2 Å². The number of hydrogen-bond donors (Lipinski definition) is 0. The van der Waals surface area contributed by atoms with Crippen LogP contribution >= 0.6 is 0 Å². The van der Waals surface area contributed by atoms with E-state index < -0.39 is 0 Å². The second kappa shape index (κ2) is 8.49. The Bertz CT molecular complexity index is 523. The van der Waals surface area contributed by atoms with Gasteiger partial charge < -0.3 is 14.4 Å². The minimum absolute atomic E-state index is 0.151. The maximum atomic E-state index is 12.8. The highest BCUT2D eigenvalue weighted by atomic mass is 16.5. The van der Waals surface area contributed by atoms with Crippen LogP contribution in [0.4, 0.5) is 0 Å². The predicted octanol–water partition coefficient (Wildman–Crippen LogP) is 2.02. The number of amides is 1. The minimum atomic E-state index is -0.299. The van der Waals surface area contributed by atoms with Crippen molar-refractivity contribution in [1.29, 1.82) is 0 Å². The normalized spacial score (nSPS) is 25.5. The zero-order valence-corrected chi connectivity index (χ0v) is 14.5. The number of carbonyl (C=O) groups is 1. The quantitative estimate of drug-likeness (QED) is 0.827. The lowest BCUT2D eigenvalue weighted by Gasteiger charge is -2.37. The van der Waals surface area contributed by atoms with Crippen LogP contribution in [0.15, 0.2) is 30.3 Å². The molecule has 0 aromatic heterocycles. The van der Waals surface area contributed by atoms with E-state index in [0.717, 1.165) is 51.3 Å². The van der Waals surface area contributed by atoms with Crippen molar-refractivity contribution >= 4 is 5.91 Å². The summed E-state index contributed by atoms with van der Waals surface area (Å²) in [7, 11) is 0. The molecule has 5 nitrogen and oxygen atoms in total. The van der Waals surface area contributed by atoms with Gasteiger partial charge in [-0.15, -0.1) is 0 Å². The highest BCUT2D eigenvalue weighted by Gasteiger charge is 2.32. The Hall–Kier alpha value is -1.59. The standard InChI is InChI=1S/C19H28N2O3/c1-2-20-11-12-23-18(14-20)19(22)21-10-6-7-16(13-21)15-24-17-8-4-3-5-9-17/h3-5,8-9,16,18H,2,6-7,10-15H2,1H3/t16-,18+/m1/s1. The maximum Gasteiger partial charge on any atom is 0.253 e. The van der Waals surface area contributed by atoms with Gasteiger partial charge in [0.05, 0.1) is 13.2 Å². The molecule has 0 N–H and O–H groups in total. The van der Waals surface area contributed by atoms with Crippen molar-refractivity contribution in [2.75, 3.05) is 45.9 Å². The molecule has 2 heterocycles. The SMILES string of the molecule is CCN1CCO[C@H](C(=O)N2CCC[C@@H](COc3ccccc3)C2)C1. The van der Waals surface area contributed by atoms with Gasteiger partial charge in [0.2, 0.25) is 0 Å². The molecule has 132 valence electrons. The average Bonchev–Trinajstić information content (AvgIpc) is 2.67. The highest BCUT2D eigenvalue weighted by molar-refractivity contribution is 5.81. The average molecular weight is 332 g/mol. The van der Waals surface area contributed by atoms with Crippen molar-refractivity contribution in [2.45, 2.75) is 25.9 Å². The zero-order valence-electron chi connectivity index (χ0n) is 14.5. The van der Waals surface area contributed by atoms with Gasteiger partial charge in [-0.25, -0.2) is 0 Å². The van der Waals surface area contributed by atoms with Crippen LogP contribution in [0, 0.1) is 5.92 Å². The minimum Gasteiger partial charge on any atom is -0.493 e. The Kier molecular flexibility index (Phi) is 6.10. The number of nitrogens with zero attached hydrogens (tertiary/aromatic N) is 2. The summed E-state index contributed by atoms with van der Waals surface area (Å²) in [6.07, 6.45) is 1.86. The molecule has 1 aromatic carbocycles. The number of likely N-dealkylation sites (N-methyl/N-ethyl adjacent to an activating group) is 1. The second-order valence-electron chi connectivity index (χ2n) is 6.67. The molecule has 0 saturated carbocycles. The van der Waals surface area contributed by atoms with Crippen LogP contribution in [-0.2, 0) is 9.53 Å². The van der Waals surface area contributed by atoms with Gasteiger partial charge >= 0.3 is 0 Å². The summed E-state index contributed by atoms with van der Waals surface area (Å²) in [5, 5.41) is 0. The first-order valence-electron chi connectivity index (χ1n) is 9.07. The molecule has 0 spiro atoms. The number of carbonyl (C=O) groups excluding carboxylic acids is 1. The van der Waals surface area contributed by atoms with Crippen LogP contribution in [0.1, 0.15) is 19.8 Å². The Morgan fingerprint density at radius 3 is 2.88 bits per heavy atom. The summed E-state index contributed by atoms with van der Waals surface area (Å²) in [5.74, 6) is 1.45. The third kappa shape index (κ3) is 4.48. The molecule has 2 atom stereocenters. The third-order valence-corrected chi connectivity index (χ3v) is 4.93. The van der Waals surface area contributed by atoms with E-state index in [2.05, 4.69) is 11.8 Å². The first-order chi connectivity index (χ1) is 11.8. The molecule has 0 unspecified atom stereocenters. The monoisotopic (exact) mass is 332 g/mol. The molecular formula is C19H28N2O3. The molecule has 5 heteroatoms. The molecular weight excluding hydrogens is 304 g/mol. The Morgan fingerprint density at radius 1 is 1.25 bits per heavy atom. The predicted molar refractivity (Wildman–Crippen MR) is 93.1 cm³/mol. The lowest BCUT2D eigenvalue weighted by atomic mass is 9.98. The molecule has 2 fully saturated rings. The highest BCUT2D eigenvalue weighted by Crippen LogP contribution is 2.20. The van der Waals surface area contributed by atoms with E-state index in [1.165, 1.54) is 0 Å². The van der Waals surface area contributed by atoms with Gasteiger partial charge in [0, 0.05) is 32.1 Å². The number of benzene rings is 1. The molecule has 1 aromatic rings. The number of hydrogen-bond acceptors (Lipinski definition) is 4. The molecule has 2 saturated heterocycles. The van der Waals surface area contributed by atoms with Gasteiger partial charge in [-0.3, -0.25) is 9.69 Å². The van der Waals surface area contributed by atoms with Crippen molar-refractivity contribution in [3.05, 3.63) is 30.3 Å². The fraction of sp³-hybridized carbons (Fsp3) is 0.632. The van der Waals surface area contributed by atoms with Gasteiger partial charge in [-0.1, -0.05) is 25.1 Å². The Balaban J connectivity index is 1.50. The van der Waals surface area contributed by atoms with Crippen LogP contribution in [0.25, 0.3) is 0 Å². The molecule has 0 radical (unpaired) electrons. The number of rotatable bonds is 5. The number of likely N-dealkylation sites (tertiary alicyclic amines) is 1. The summed E-state index contributed by atoms with van der Waals surface area (Å²) in [4.78, 5) is 17.0. The number of piperidine rings is 1. The maximum absolute atomic E-state index is 12.8.